The molecule has 0 aliphatic carbocycles. The lowest BCUT2D eigenvalue weighted by molar-refractivity contribution is -0.128. The van der Waals surface area contributed by atoms with Gasteiger partial charge in [-0.25, -0.2) is 0 Å². The molecule has 0 spiro atoms. The Morgan fingerprint density at radius 3 is 2.12 bits per heavy atom. The van der Waals surface area contributed by atoms with Crippen molar-refractivity contribution in [3.05, 3.63) is 59.7 Å². The Kier molecular flexibility index (Phi) is 7.33. The van der Waals surface area contributed by atoms with Crippen LogP contribution in [0.3, 0.4) is 0 Å². The van der Waals surface area contributed by atoms with E-state index >= 15 is 0 Å². The van der Waals surface area contributed by atoms with Crippen molar-refractivity contribution in [2.45, 2.75) is 39.2 Å². The van der Waals surface area contributed by atoms with Crippen LogP contribution in [-0.2, 0) is 17.6 Å². The molecule has 2 rings (SSSR count). The molecule has 2 aromatic rings. The molecule has 1 N–H and O–H groups in total. The quantitative estimate of drug-likeness (QED) is 0.755. The summed E-state index contributed by atoms with van der Waals surface area (Å²) in [5.41, 5.74) is 2.41. The maximum Gasteiger partial charge on any atom is 0.261 e. The lowest BCUT2D eigenvalue weighted by atomic mass is 10.1. The van der Waals surface area contributed by atoms with Crippen LogP contribution in [0.15, 0.2) is 48.5 Å². The summed E-state index contributed by atoms with van der Waals surface area (Å²) in [5.74, 6) is 1.49. The lowest BCUT2D eigenvalue weighted by Crippen LogP contribution is -2.38. The maximum absolute atomic E-state index is 12.3. The summed E-state index contributed by atoms with van der Waals surface area (Å²) in [5, 5.41) is 2.96. The fourth-order valence-electron chi connectivity index (χ4n) is 2.53. The normalized spacial score (nSPS) is 11.6. The summed E-state index contributed by atoms with van der Waals surface area (Å²) in [6.45, 7) is 4.65. The van der Waals surface area contributed by atoms with Gasteiger partial charge >= 0.3 is 0 Å². The second-order valence-corrected chi connectivity index (χ2v) is 5.90. The van der Waals surface area contributed by atoms with E-state index in [1.54, 1.807) is 7.11 Å². The molecule has 0 heterocycles. The molecule has 0 saturated carbocycles. The van der Waals surface area contributed by atoms with E-state index in [-0.39, 0.29) is 5.91 Å². The monoisotopic (exact) mass is 341 g/mol. The van der Waals surface area contributed by atoms with Crippen LogP contribution in [0.1, 0.15) is 31.4 Å². The van der Waals surface area contributed by atoms with Gasteiger partial charge in [-0.3, -0.25) is 4.79 Å². The Bertz CT molecular complexity index is 650. The van der Waals surface area contributed by atoms with E-state index in [1.165, 1.54) is 5.56 Å². The fraction of sp³-hybridized carbons (Fsp3) is 0.381. The summed E-state index contributed by atoms with van der Waals surface area (Å²) >= 11 is 0. The maximum atomic E-state index is 12.3. The molecule has 4 heteroatoms. The molecule has 0 bridgehead atoms. The average molecular weight is 341 g/mol. The highest BCUT2D eigenvalue weighted by Crippen LogP contribution is 2.15. The molecule has 0 aliphatic heterocycles. The van der Waals surface area contributed by atoms with Crippen molar-refractivity contribution in [3.63, 3.8) is 0 Å². The highest BCUT2D eigenvalue weighted by atomic mass is 16.5. The van der Waals surface area contributed by atoms with Gasteiger partial charge in [0.1, 0.15) is 11.5 Å². The highest BCUT2D eigenvalue weighted by Gasteiger charge is 2.17. The molecule has 134 valence electrons. The third-order valence-corrected chi connectivity index (χ3v) is 4.15. The van der Waals surface area contributed by atoms with Gasteiger partial charge in [0, 0.05) is 6.54 Å². The van der Waals surface area contributed by atoms with Crippen LogP contribution in [0, 0.1) is 0 Å². The summed E-state index contributed by atoms with van der Waals surface area (Å²) in [4.78, 5) is 12.3. The number of benzene rings is 2. The SMILES string of the molecule is CCc1ccc(OC(CC)C(=O)NCCc2ccc(OC)cc2)cc1. The number of carbonyl (C=O) groups is 1. The van der Waals surface area contributed by atoms with Crippen LogP contribution < -0.4 is 14.8 Å². The van der Waals surface area contributed by atoms with Crippen molar-refractivity contribution in [2.75, 3.05) is 13.7 Å². The number of rotatable bonds is 9. The van der Waals surface area contributed by atoms with Gasteiger partial charge in [0.2, 0.25) is 0 Å². The van der Waals surface area contributed by atoms with E-state index in [0.29, 0.717) is 13.0 Å². The zero-order valence-corrected chi connectivity index (χ0v) is 15.2. The van der Waals surface area contributed by atoms with Crippen LogP contribution in [0.25, 0.3) is 0 Å². The predicted molar refractivity (Wildman–Crippen MR) is 100 cm³/mol. The Hall–Kier alpha value is -2.49. The van der Waals surface area contributed by atoms with Crippen molar-refractivity contribution in [1.82, 2.24) is 5.32 Å². The fourth-order valence-corrected chi connectivity index (χ4v) is 2.53. The minimum absolute atomic E-state index is 0.0735. The topological polar surface area (TPSA) is 47.6 Å². The molecule has 1 amide bonds. The second kappa shape index (κ2) is 9.72. The molecule has 2 aromatic carbocycles. The number of methoxy groups -OCH3 is 1. The summed E-state index contributed by atoms with van der Waals surface area (Å²) < 4.78 is 11.0. The summed E-state index contributed by atoms with van der Waals surface area (Å²) in [6, 6.07) is 15.8. The van der Waals surface area contributed by atoms with E-state index in [2.05, 4.69) is 12.2 Å². The molecule has 0 aromatic heterocycles. The van der Waals surface area contributed by atoms with Crippen LogP contribution in [0.4, 0.5) is 0 Å². The Labute approximate surface area is 150 Å². The molecule has 0 aliphatic rings. The molecule has 0 fully saturated rings. The number of ether oxygens (including phenoxy) is 2. The predicted octanol–water partition coefficient (Wildman–Crippen LogP) is 3.77. The lowest BCUT2D eigenvalue weighted by Gasteiger charge is -2.17. The van der Waals surface area contributed by atoms with E-state index in [0.717, 1.165) is 29.9 Å². The van der Waals surface area contributed by atoms with Crippen LogP contribution in [0.5, 0.6) is 11.5 Å². The van der Waals surface area contributed by atoms with Crippen molar-refractivity contribution in [2.24, 2.45) is 0 Å². The van der Waals surface area contributed by atoms with E-state index in [4.69, 9.17) is 9.47 Å². The van der Waals surface area contributed by atoms with Gasteiger partial charge in [0.05, 0.1) is 7.11 Å². The first kappa shape index (κ1) is 18.8. The van der Waals surface area contributed by atoms with Gasteiger partial charge in [-0.05, 0) is 54.7 Å². The van der Waals surface area contributed by atoms with E-state index in [9.17, 15) is 4.79 Å². The minimum Gasteiger partial charge on any atom is -0.497 e. The number of hydrogen-bond acceptors (Lipinski definition) is 3. The van der Waals surface area contributed by atoms with Gasteiger partial charge in [-0.2, -0.15) is 0 Å². The van der Waals surface area contributed by atoms with Crippen molar-refractivity contribution in [1.29, 1.82) is 0 Å². The molecule has 1 atom stereocenters. The first-order valence-electron chi connectivity index (χ1n) is 8.82. The molecule has 1 unspecified atom stereocenters. The number of nitrogens with one attached hydrogen (secondary N) is 1. The van der Waals surface area contributed by atoms with Gasteiger partial charge in [0.15, 0.2) is 6.10 Å². The Balaban J connectivity index is 1.81. The zero-order chi connectivity index (χ0) is 18.1. The van der Waals surface area contributed by atoms with Gasteiger partial charge in [0.25, 0.3) is 5.91 Å². The smallest absolute Gasteiger partial charge is 0.261 e. The number of carbonyl (C=O) groups excluding carboxylic acids is 1. The van der Waals surface area contributed by atoms with E-state index < -0.39 is 6.10 Å². The molecular weight excluding hydrogens is 314 g/mol. The van der Waals surface area contributed by atoms with Crippen LogP contribution >= 0.6 is 0 Å². The summed E-state index contributed by atoms with van der Waals surface area (Å²) in [6.07, 6.45) is 1.92. The molecule has 0 radical (unpaired) electrons. The Morgan fingerprint density at radius 2 is 1.56 bits per heavy atom. The van der Waals surface area contributed by atoms with Crippen molar-refractivity contribution >= 4 is 5.91 Å². The third-order valence-electron chi connectivity index (χ3n) is 4.15. The first-order valence-corrected chi connectivity index (χ1v) is 8.82. The molecule has 4 nitrogen and oxygen atoms in total. The minimum atomic E-state index is -0.469. The van der Waals surface area contributed by atoms with Crippen LogP contribution in [0.2, 0.25) is 0 Å². The summed E-state index contributed by atoms with van der Waals surface area (Å²) in [7, 11) is 1.65. The zero-order valence-electron chi connectivity index (χ0n) is 15.2. The number of amides is 1. The number of aryl methyl sites for hydroxylation is 1. The average Bonchev–Trinajstić information content (AvgIpc) is 2.67. The highest BCUT2D eigenvalue weighted by molar-refractivity contribution is 5.81. The third kappa shape index (κ3) is 5.82. The number of hydrogen-bond donors (Lipinski definition) is 1. The second-order valence-electron chi connectivity index (χ2n) is 5.90. The van der Waals surface area contributed by atoms with Crippen LogP contribution in [-0.4, -0.2) is 25.7 Å². The molecular formula is C21H27NO3. The van der Waals surface area contributed by atoms with Gasteiger partial charge < -0.3 is 14.8 Å². The van der Waals surface area contributed by atoms with E-state index in [1.807, 2.05) is 55.5 Å². The molecule has 0 saturated heterocycles. The molecule has 25 heavy (non-hydrogen) atoms. The standard InChI is InChI=1S/C21H27NO3/c1-4-16-6-12-19(13-7-16)25-20(5-2)21(23)22-15-14-17-8-10-18(24-3)11-9-17/h6-13,20H,4-5,14-15H2,1-3H3,(H,22,23). The Morgan fingerprint density at radius 1 is 0.960 bits per heavy atom. The first-order chi connectivity index (χ1) is 12.2. The largest absolute Gasteiger partial charge is 0.497 e. The van der Waals surface area contributed by atoms with Gasteiger partial charge in [-0.15, -0.1) is 0 Å². The van der Waals surface area contributed by atoms with Crippen molar-refractivity contribution in [3.8, 4) is 11.5 Å². The van der Waals surface area contributed by atoms with Crippen molar-refractivity contribution < 1.29 is 14.3 Å². The van der Waals surface area contributed by atoms with Gasteiger partial charge in [-0.1, -0.05) is 38.1 Å².